The van der Waals surface area contributed by atoms with Crippen LogP contribution in [0.1, 0.15) is 83.7 Å². The molecule has 1 amide bonds. The molecule has 0 unspecified atom stereocenters. The van der Waals surface area contributed by atoms with Crippen molar-refractivity contribution in [1.29, 1.82) is 0 Å². The zero-order valence-electron chi connectivity index (χ0n) is 19.1. The molecule has 1 heterocycles. The number of oxazole rings is 1. The molecule has 0 spiro atoms. The molecule has 0 radical (unpaired) electrons. The third kappa shape index (κ3) is 5.24. The van der Waals surface area contributed by atoms with E-state index in [1.807, 2.05) is 13.0 Å². The van der Waals surface area contributed by atoms with Crippen molar-refractivity contribution in [3.05, 3.63) is 76.2 Å². The van der Waals surface area contributed by atoms with Gasteiger partial charge in [0.05, 0.1) is 6.04 Å². The van der Waals surface area contributed by atoms with E-state index in [1.54, 1.807) is 6.92 Å². The predicted octanol–water partition coefficient (Wildman–Crippen LogP) is 6.90. The fourth-order valence-electron chi connectivity index (χ4n) is 4.25. The monoisotopic (exact) mass is 454 g/mol. The van der Waals surface area contributed by atoms with Gasteiger partial charge in [-0.3, -0.25) is 4.79 Å². The van der Waals surface area contributed by atoms with Crippen LogP contribution in [0.4, 0.5) is 8.78 Å². The van der Waals surface area contributed by atoms with E-state index in [0.717, 1.165) is 24.0 Å². The smallest absolute Gasteiger partial charge is 0.399 e. The Bertz CT molecular complexity index is 1130. The lowest BCUT2D eigenvalue weighted by Gasteiger charge is -2.23. The van der Waals surface area contributed by atoms with Crippen LogP contribution in [-0.2, 0) is 0 Å². The maximum atomic E-state index is 13.9. The number of amides is 1. The van der Waals surface area contributed by atoms with Crippen molar-refractivity contribution >= 4 is 5.91 Å². The first-order valence-corrected chi connectivity index (χ1v) is 11.3. The largest absolute Gasteiger partial charge is 0.416 e. The van der Waals surface area contributed by atoms with Crippen molar-refractivity contribution in [3.8, 4) is 11.8 Å². The van der Waals surface area contributed by atoms with E-state index in [1.165, 1.54) is 44.6 Å². The molecule has 2 aromatic carbocycles. The molecule has 4 rings (SSSR count). The zero-order chi connectivity index (χ0) is 23.5. The molecule has 1 N–H and O–H groups in total. The third-order valence-corrected chi connectivity index (χ3v) is 6.28. The number of nitrogens with one attached hydrogen (secondary N) is 1. The van der Waals surface area contributed by atoms with Gasteiger partial charge in [-0.2, -0.15) is 4.98 Å². The summed E-state index contributed by atoms with van der Waals surface area (Å²) >= 11 is 0. The Kier molecular flexibility index (Phi) is 6.77. The second kappa shape index (κ2) is 9.73. The molecule has 1 aliphatic rings. The van der Waals surface area contributed by atoms with Gasteiger partial charge in [0.25, 0.3) is 5.91 Å². The Morgan fingerprint density at radius 3 is 2.52 bits per heavy atom. The van der Waals surface area contributed by atoms with Crippen LogP contribution >= 0.6 is 0 Å². The summed E-state index contributed by atoms with van der Waals surface area (Å²) in [6, 6.07) is 7.92. The van der Waals surface area contributed by atoms with Gasteiger partial charge in [0.15, 0.2) is 5.69 Å². The molecule has 1 fully saturated rings. The number of halogens is 2. The summed E-state index contributed by atoms with van der Waals surface area (Å²) in [4.78, 5) is 16.8. The Morgan fingerprint density at radius 2 is 1.82 bits per heavy atom. The predicted molar refractivity (Wildman–Crippen MR) is 121 cm³/mol. The van der Waals surface area contributed by atoms with Gasteiger partial charge in [-0.15, -0.1) is 0 Å². The van der Waals surface area contributed by atoms with Crippen LogP contribution in [0.2, 0.25) is 0 Å². The maximum absolute atomic E-state index is 13.9. The standard InChI is InChI=1S/C26H28F2N2O3/c1-15-9-10-20(18-7-5-4-6-8-18)24(11-15)33-26-30-23(14-32-26)25(31)29-17(3)19-12-21(27)16(2)22(28)13-19/h9-14,17-18H,4-8H2,1-3H3,(H,29,31)/t17-/m1/s1. The summed E-state index contributed by atoms with van der Waals surface area (Å²) in [5.41, 5.74) is 2.47. The first-order chi connectivity index (χ1) is 15.8. The summed E-state index contributed by atoms with van der Waals surface area (Å²) < 4.78 is 39.1. The lowest BCUT2D eigenvalue weighted by Crippen LogP contribution is -2.27. The third-order valence-electron chi connectivity index (χ3n) is 6.28. The molecule has 3 aromatic rings. The first-order valence-electron chi connectivity index (χ1n) is 11.3. The van der Waals surface area contributed by atoms with Crippen LogP contribution in [0.15, 0.2) is 41.0 Å². The molecule has 174 valence electrons. The van der Waals surface area contributed by atoms with Gasteiger partial charge in [-0.1, -0.05) is 31.4 Å². The van der Waals surface area contributed by atoms with E-state index in [9.17, 15) is 13.6 Å². The second-order valence-electron chi connectivity index (χ2n) is 8.78. The van der Waals surface area contributed by atoms with E-state index < -0.39 is 23.6 Å². The number of carbonyl (C=O) groups is 1. The molecule has 0 aliphatic heterocycles. The van der Waals surface area contributed by atoms with Crippen LogP contribution in [-0.4, -0.2) is 10.9 Å². The van der Waals surface area contributed by atoms with Crippen molar-refractivity contribution in [1.82, 2.24) is 10.3 Å². The Morgan fingerprint density at radius 1 is 1.12 bits per heavy atom. The Balaban J connectivity index is 1.47. The molecule has 0 bridgehead atoms. The molecule has 1 aromatic heterocycles. The van der Waals surface area contributed by atoms with E-state index in [-0.39, 0.29) is 17.3 Å². The van der Waals surface area contributed by atoms with E-state index in [0.29, 0.717) is 17.2 Å². The lowest BCUT2D eigenvalue weighted by atomic mass is 9.83. The van der Waals surface area contributed by atoms with Gasteiger partial charge in [-0.25, -0.2) is 8.78 Å². The van der Waals surface area contributed by atoms with Gasteiger partial charge in [0, 0.05) is 5.56 Å². The van der Waals surface area contributed by atoms with E-state index in [4.69, 9.17) is 9.15 Å². The fourth-order valence-corrected chi connectivity index (χ4v) is 4.25. The van der Waals surface area contributed by atoms with Crippen molar-refractivity contribution in [2.75, 3.05) is 0 Å². The van der Waals surface area contributed by atoms with Crippen molar-refractivity contribution in [2.24, 2.45) is 0 Å². The topological polar surface area (TPSA) is 64.4 Å². The van der Waals surface area contributed by atoms with Crippen molar-refractivity contribution in [3.63, 3.8) is 0 Å². The van der Waals surface area contributed by atoms with Gasteiger partial charge in [-0.05, 0) is 74.4 Å². The summed E-state index contributed by atoms with van der Waals surface area (Å²) in [5, 5.41) is 2.69. The average molecular weight is 455 g/mol. The number of aryl methyl sites for hydroxylation is 1. The van der Waals surface area contributed by atoms with Crippen LogP contribution < -0.4 is 10.1 Å². The quantitative estimate of drug-likeness (QED) is 0.440. The number of benzene rings is 2. The second-order valence-corrected chi connectivity index (χ2v) is 8.78. The van der Waals surface area contributed by atoms with Gasteiger partial charge >= 0.3 is 6.08 Å². The molecule has 1 aliphatic carbocycles. The molecular weight excluding hydrogens is 426 g/mol. The lowest BCUT2D eigenvalue weighted by molar-refractivity contribution is 0.0934. The highest BCUT2D eigenvalue weighted by atomic mass is 19.1. The van der Waals surface area contributed by atoms with Crippen LogP contribution in [0.25, 0.3) is 0 Å². The summed E-state index contributed by atoms with van der Waals surface area (Å²) in [6.45, 7) is 4.99. The molecule has 1 saturated carbocycles. The summed E-state index contributed by atoms with van der Waals surface area (Å²) in [7, 11) is 0. The van der Waals surface area contributed by atoms with Gasteiger partial charge in [0.2, 0.25) is 0 Å². The zero-order valence-corrected chi connectivity index (χ0v) is 19.1. The van der Waals surface area contributed by atoms with E-state index >= 15 is 0 Å². The molecule has 7 heteroatoms. The molecular formula is C26H28F2N2O3. The average Bonchev–Trinajstić information content (AvgIpc) is 3.26. The minimum atomic E-state index is -0.657. The Hall–Kier alpha value is -3.22. The number of hydrogen-bond acceptors (Lipinski definition) is 4. The normalized spacial score (nSPS) is 15.3. The van der Waals surface area contributed by atoms with Crippen LogP contribution in [0, 0.1) is 25.5 Å². The van der Waals surface area contributed by atoms with Crippen LogP contribution in [0.5, 0.6) is 11.8 Å². The number of carbonyl (C=O) groups excluding carboxylic acids is 1. The molecule has 1 atom stereocenters. The SMILES string of the molecule is Cc1ccc(C2CCCCC2)c(Oc2nc(C(=O)N[C@H](C)c3cc(F)c(C)c(F)c3)co2)c1. The number of rotatable bonds is 6. The highest BCUT2D eigenvalue weighted by molar-refractivity contribution is 5.92. The van der Waals surface area contributed by atoms with Gasteiger partial charge in [0.1, 0.15) is 23.6 Å². The number of nitrogens with zero attached hydrogens (tertiary/aromatic N) is 1. The fraction of sp³-hybridized carbons (Fsp3) is 0.385. The summed E-state index contributed by atoms with van der Waals surface area (Å²) in [6.07, 6.45) is 7.10. The number of ether oxygens (including phenoxy) is 1. The number of hydrogen-bond donors (Lipinski definition) is 1. The highest BCUT2D eigenvalue weighted by Crippen LogP contribution is 2.39. The van der Waals surface area contributed by atoms with E-state index in [2.05, 4.69) is 22.4 Å². The van der Waals surface area contributed by atoms with Crippen molar-refractivity contribution in [2.45, 2.75) is 64.8 Å². The van der Waals surface area contributed by atoms with Gasteiger partial charge < -0.3 is 14.5 Å². The highest BCUT2D eigenvalue weighted by Gasteiger charge is 2.22. The van der Waals surface area contributed by atoms with Crippen molar-refractivity contribution < 1.29 is 22.7 Å². The molecule has 33 heavy (non-hydrogen) atoms. The Labute approximate surface area is 192 Å². The summed E-state index contributed by atoms with van der Waals surface area (Å²) in [5.74, 6) is -0.720. The minimum Gasteiger partial charge on any atom is -0.416 e. The minimum absolute atomic E-state index is 0.0248. The number of aromatic nitrogens is 1. The molecule has 0 saturated heterocycles. The molecule has 5 nitrogen and oxygen atoms in total. The first kappa shape index (κ1) is 23.0. The maximum Gasteiger partial charge on any atom is 0.399 e. The van der Waals surface area contributed by atoms with Crippen LogP contribution in [0.3, 0.4) is 0 Å².